The van der Waals surface area contributed by atoms with Crippen molar-refractivity contribution in [3.05, 3.63) is 71.8 Å². The van der Waals surface area contributed by atoms with Crippen molar-refractivity contribution in [2.75, 3.05) is 0 Å². The second-order valence-corrected chi connectivity index (χ2v) is 6.43. The molecule has 25 heavy (non-hydrogen) atoms. The molecule has 0 saturated carbocycles. The first-order valence-electron chi connectivity index (χ1n) is 8.71. The van der Waals surface area contributed by atoms with Gasteiger partial charge in [-0.2, -0.15) is 0 Å². The summed E-state index contributed by atoms with van der Waals surface area (Å²) in [5, 5.41) is 2.88. The van der Waals surface area contributed by atoms with Gasteiger partial charge in [-0.25, -0.2) is 0 Å². The van der Waals surface area contributed by atoms with Gasteiger partial charge >= 0.3 is 0 Å². The lowest BCUT2D eigenvalue weighted by molar-refractivity contribution is -0.130. The molecule has 3 N–H and O–H groups in total. The van der Waals surface area contributed by atoms with Crippen LogP contribution >= 0.6 is 0 Å². The fourth-order valence-electron chi connectivity index (χ4n) is 2.97. The highest BCUT2D eigenvalue weighted by Crippen LogP contribution is 2.32. The molecule has 0 aromatic heterocycles. The Hall–Kier alpha value is -2.62. The third-order valence-electron chi connectivity index (χ3n) is 4.65. The van der Waals surface area contributed by atoms with Gasteiger partial charge in [0.25, 0.3) is 0 Å². The van der Waals surface area contributed by atoms with Crippen molar-refractivity contribution in [1.82, 2.24) is 5.32 Å². The maximum atomic E-state index is 13.2. The summed E-state index contributed by atoms with van der Waals surface area (Å²) in [5.41, 5.74) is 6.34. The maximum Gasteiger partial charge on any atom is 0.240 e. The molecule has 0 spiro atoms. The van der Waals surface area contributed by atoms with E-state index in [4.69, 9.17) is 5.73 Å². The van der Waals surface area contributed by atoms with Gasteiger partial charge in [0.05, 0.1) is 5.41 Å². The SMILES string of the molecule is CCCC[C@H](NC(=O)C(C)(c1ccccc1)c1ccccc1)C(N)=O. The zero-order valence-electron chi connectivity index (χ0n) is 14.9. The fourth-order valence-corrected chi connectivity index (χ4v) is 2.97. The van der Waals surface area contributed by atoms with E-state index in [1.807, 2.05) is 74.5 Å². The minimum Gasteiger partial charge on any atom is -0.368 e. The van der Waals surface area contributed by atoms with Crippen LogP contribution in [0, 0.1) is 0 Å². The number of hydrogen-bond donors (Lipinski definition) is 2. The molecule has 4 nitrogen and oxygen atoms in total. The van der Waals surface area contributed by atoms with Gasteiger partial charge in [-0.3, -0.25) is 9.59 Å². The van der Waals surface area contributed by atoms with Crippen molar-refractivity contribution in [3.8, 4) is 0 Å². The van der Waals surface area contributed by atoms with Crippen molar-refractivity contribution in [2.45, 2.75) is 44.6 Å². The van der Waals surface area contributed by atoms with Crippen LogP contribution in [0.2, 0.25) is 0 Å². The van der Waals surface area contributed by atoms with Crippen molar-refractivity contribution in [1.29, 1.82) is 0 Å². The first kappa shape index (κ1) is 18.7. The van der Waals surface area contributed by atoms with E-state index in [0.29, 0.717) is 6.42 Å². The molecule has 0 aliphatic rings. The van der Waals surface area contributed by atoms with Gasteiger partial charge in [-0.05, 0) is 24.5 Å². The molecule has 0 unspecified atom stereocenters. The Morgan fingerprint density at radius 1 is 1.00 bits per heavy atom. The molecular formula is C21H26N2O2. The number of amides is 2. The molecule has 4 heteroatoms. The molecule has 2 aromatic carbocycles. The summed E-state index contributed by atoms with van der Waals surface area (Å²) < 4.78 is 0. The second kappa shape index (κ2) is 8.47. The van der Waals surface area contributed by atoms with E-state index < -0.39 is 17.4 Å². The first-order valence-corrected chi connectivity index (χ1v) is 8.71. The third kappa shape index (κ3) is 4.27. The van der Waals surface area contributed by atoms with Gasteiger partial charge in [0, 0.05) is 0 Å². The highest BCUT2D eigenvalue weighted by Gasteiger charge is 2.38. The number of primary amides is 1. The third-order valence-corrected chi connectivity index (χ3v) is 4.65. The average molecular weight is 338 g/mol. The number of rotatable bonds is 8. The zero-order valence-corrected chi connectivity index (χ0v) is 14.9. The molecular weight excluding hydrogens is 312 g/mol. The normalized spacial score (nSPS) is 12.4. The Morgan fingerprint density at radius 3 is 1.88 bits per heavy atom. The van der Waals surface area contributed by atoms with Crippen molar-refractivity contribution in [3.63, 3.8) is 0 Å². The second-order valence-electron chi connectivity index (χ2n) is 6.43. The Balaban J connectivity index is 2.39. The number of unbranched alkanes of at least 4 members (excludes halogenated alkanes) is 1. The van der Waals surface area contributed by atoms with Crippen LogP contribution < -0.4 is 11.1 Å². The van der Waals surface area contributed by atoms with Gasteiger partial charge < -0.3 is 11.1 Å². The highest BCUT2D eigenvalue weighted by atomic mass is 16.2. The van der Waals surface area contributed by atoms with E-state index in [2.05, 4.69) is 5.32 Å². The number of benzene rings is 2. The van der Waals surface area contributed by atoms with E-state index in [9.17, 15) is 9.59 Å². The van der Waals surface area contributed by atoms with Crippen LogP contribution in [0.1, 0.15) is 44.2 Å². The summed E-state index contributed by atoms with van der Waals surface area (Å²) in [6.45, 7) is 3.92. The number of carbonyl (C=O) groups is 2. The molecule has 0 heterocycles. The maximum absolute atomic E-state index is 13.2. The topological polar surface area (TPSA) is 72.2 Å². The lowest BCUT2D eigenvalue weighted by Crippen LogP contribution is -2.51. The Labute approximate surface area is 149 Å². The lowest BCUT2D eigenvalue weighted by Gasteiger charge is -2.31. The van der Waals surface area contributed by atoms with Crippen LogP contribution in [-0.4, -0.2) is 17.9 Å². The predicted octanol–water partition coefficient (Wildman–Crippen LogP) is 3.15. The molecule has 0 aliphatic heterocycles. The number of nitrogens with one attached hydrogen (secondary N) is 1. The molecule has 2 aromatic rings. The van der Waals surface area contributed by atoms with Crippen LogP contribution in [0.4, 0.5) is 0 Å². The molecule has 132 valence electrons. The van der Waals surface area contributed by atoms with Gasteiger partial charge in [0.2, 0.25) is 11.8 Å². The molecule has 0 radical (unpaired) electrons. The largest absolute Gasteiger partial charge is 0.368 e. The van der Waals surface area contributed by atoms with Crippen molar-refractivity contribution in [2.24, 2.45) is 5.73 Å². The van der Waals surface area contributed by atoms with Crippen LogP contribution in [0.25, 0.3) is 0 Å². The van der Waals surface area contributed by atoms with Crippen LogP contribution in [0.3, 0.4) is 0 Å². The molecule has 0 aliphatic carbocycles. The minimum atomic E-state index is -0.900. The minimum absolute atomic E-state index is 0.218. The van der Waals surface area contributed by atoms with Gasteiger partial charge in [-0.1, -0.05) is 80.4 Å². The molecule has 0 saturated heterocycles. The molecule has 0 bridgehead atoms. The van der Waals surface area contributed by atoms with E-state index in [1.165, 1.54) is 0 Å². The van der Waals surface area contributed by atoms with Crippen molar-refractivity contribution >= 4 is 11.8 Å². The number of carbonyl (C=O) groups excluding carboxylic acids is 2. The Kier molecular flexibility index (Phi) is 6.34. The smallest absolute Gasteiger partial charge is 0.240 e. The number of nitrogens with two attached hydrogens (primary N) is 1. The summed E-state index contributed by atoms with van der Waals surface area (Å²) in [6.07, 6.45) is 2.33. The van der Waals surface area contributed by atoms with E-state index in [0.717, 1.165) is 24.0 Å². The molecule has 2 amide bonds. The molecule has 2 rings (SSSR count). The standard InChI is InChI=1S/C21H26N2O2/c1-3-4-15-18(19(22)24)23-20(25)21(2,16-11-7-5-8-12-16)17-13-9-6-10-14-17/h5-14,18H,3-4,15H2,1-2H3,(H2,22,24)(H,23,25)/t18-/m0/s1. The van der Waals surface area contributed by atoms with Gasteiger partial charge in [0.15, 0.2) is 0 Å². The monoisotopic (exact) mass is 338 g/mol. The average Bonchev–Trinajstić information content (AvgIpc) is 2.65. The molecule has 0 fully saturated rings. The fraction of sp³-hybridized carbons (Fsp3) is 0.333. The van der Waals surface area contributed by atoms with E-state index in [1.54, 1.807) is 0 Å². The zero-order chi connectivity index (χ0) is 18.3. The summed E-state index contributed by atoms with van der Waals surface area (Å²) >= 11 is 0. The summed E-state index contributed by atoms with van der Waals surface area (Å²) in [5.74, 6) is -0.713. The summed E-state index contributed by atoms with van der Waals surface area (Å²) in [4.78, 5) is 25.0. The Morgan fingerprint density at radius 2 is 1.48 bits per heavy atom. The van der Waals surface area contributed by atoms with Crippen molar-refractivity contribution < 1.29 is 9.59 Å². The summed E-state index contributed by atoms with van der Waals surface area (Å²) in [6, 6.07) is 18.5. The summed E-state index contributed by atoms with van der Waals surface area (Å²) in [7, 11) is 0. The first-order chi connectivity index (χ1) is 12.0. The van der Waals surface area contributed by atoms with Crippen LogP contribution in [0.5, 0.6) is 0 Å². The van der Waals surface area contributed by atoms with E-state index >= 15 is 0 Å². The quantitative estimate of drug-likeness (QED) is 0.776. The Bertz CT molecular complexity index is 659. The molecule has 1 atom stereocenters. The van der Waals surface area contributed by atoms with Gasteiger partial charge in [-0.15, -0.1) is 0 Å². The predicted molar refractivity (Wildman–Crippen MR) is 100.0 cm³/mol. The lowest BCUT2D eigenvalue weighted by atomic mass is 9.75. The number of hydrogen-bond acceptors (Lipinski definition) is 2. The highest BCUT2D eigenvalue weighted by molar-refractivity contribution is 5.95. The van der Waals surface area contributed by atoms with Crippen LogP contribution in [-0.2, 0) is 15.0 Å². The van der Waals surface area contributed by atoms with Crippen LogP contribution in [0.15, 0.2) is 60.7 Å². The van der Waals surface area contributed by atoms with Gasteiger partial charge in [0.1, 0.15) is 6.04 Å². The van der Waals surface area contributed by atoms with E-state index in [-0.39, 0.29) is 5.91 Å².